The molecule has 3 N–H and O–H groups in total. The Bertz CT molecular complexity index is 1390. The van der Waals surface area contributed by atoms with Gasteiger partial charge in [-0.3, -0.25) is 4.79 Å². The second kappa shape index (κ2) is 11.9. The number of benzene rings is 2. The van der Waals surface area contributed by atoms with Gasteiger partial charge >= 0.3 is 6.18 Å². The fourth-order valence-electron chi connectivity index (χ4n) is 4.68. The maximum Gasteiger partial charge on any atom is 0.406 e. The number of nitrogens with zero attached hydrogens (tertiary/aromatic N) is 2. The van der Waals surface area contributed by atoms with Crippen LogP contribution in [-0.2, 0) is 6.54 Å². The first-order chi connectivity index (χ1) is 18.6. The summed E-state index contributed by atoms with van der Waals surface area (Å²) in [7, 11) is 4.86. The van der Waals surface area contributed by atoms with Crippen molar-refractivity contribution in [3.63, 3.8) is 0 Å². The van der Waals surface area contributed by atoms with Gasteiger partial charge in [-0.25, -0.2) is 4.39 Å². The number of aromatic nitrogens is 1. The van der Waals surface area contributed by atoms with Gasteiger partial charge in [-0.1, -0.05) is 12.0 Å². The molecule has 208 valence electrons. The molecule has 1 aliphatic rings. The number of fused-ring (bicyclic) bond motifs is 1. The Balaban J connectivity index is 1.59. The number of alkyl halides is 4. The average molecular weight is 546 g/mol. The zero-order chi connectivity index (χ0) is 28.2. The number of carbonyl (C=O) groups excluding carboxylic acids is 1. The molecule has 11 heteroatoms. The van der Waals surface area contributed by atoms with Gasteiger partial charge in [0.1, 0.15) is 18.5 Å². The second-order valence-corrected chi connectivity index (χ2v) is 9.44. The van der Waals surface area contributed by atoms with Gasteiger partial charge in [0, 0.05) is 36.8 Å². The van der Waals surface area contributed by atoms with E-state index in [2.05, 4.69) is 27.8 Å². The molecule has 1 aromatic heterocycles. The smallest absolute Gasteiger partial charge is 0.406 e. The number of hydrogen-bond donors (Lipinski definition) is 3. The molecule has 3 aromatic rings. The van der Waals surface area contributed by atoms with E-state index in [9.17, 15) is 22.4 Å². The third-order valence-electron chi connectivity index (χ3n) is 6.64. The molecule has 39 heavy (non-hydrogen) atoms. The van der Waals surface area contributed by atoms with Crippen molar-refractivity contribution in [1.82, 2.24) is 14.8 Å². The first-order valence-corrected chi connectivity index (χ1v) is 12.5. The van der Waals surface area contributed by atoms with Gasteiger partial charge in [0.15, 0.2) is 0 Å². The Morgan fingerprint density at radius 3 is 2.67 bits per heavy atom. The monoisotopic (exact) mass is 545 g/mol. The van der Waals surface area contributed by atoms with E-state index < -0.39 is 24.9 Å². The molecule has 0 radical (unpaired) electrons. The van der Waals surface area contributed by atoms with Crippen LogP contribution in [-0.4, -0.2) is 74.6 Å². The van der Waals surface area contributed by atoms with Crippen molar-refractivity contribution >= 4 is 28.2 Å². The summed E-state index contributed by atoms with van der Waals surface area (Å²) in [6.45, 7) is -0.0580. The molecule has 1 aliphatic heterocycles. The molecule has 4 rings (SSSR count). The van der Waals surface area contributed by atoms with Crippen molar-refractivity contribution in [1.29, 1.82) is 0 Å². The first kappa shape index (κ1) is 28.1. The third-order valence-corrected chi connectivity index (χ3v) is 6.64. The van der Waals surface area contributed by atoms with Crippen LogP contribution >= 0.6 is 0 Å². The van der Waals surface area contributed by atoms with Gasteiger partial charge < -0.3 is 30.2 Å². The number of ether oxygens (including phenoxy) is 1. The molecule has 0 bridgehead atoms. The van der Waals surface area contributed by atoms with Crippen molar-refractivity contribution in [2.24, 2.45) is 0 Å². The summed E-state index contributed by atoms with van der Waals surface area (Å²) in [4.78, 5) is 13.8. The van der Waals surface area contributed by atoms with Gasteiger partial charge in [-0.05, 0) is 55.8 Å². The maximum absolute atomic E-state index is 14.7. The number of anilines is 2. The molecular weight excluding hydrogens is 514 g/mol. The number of methoxy groups -OCH3 is 1. The molecule has 7 nitrogen and oxygen atoms in total. The number of likely N-dealkylation sites (tertiary alicyclic amines) is 1. The van der Waals surface area contributed by atoms with Crippen molar-refractivity contribution in [2.75, 3.05) is 51.5 Å². The number of carbonyl (C=O) groups is 1. The fourth-order valence-corrected chi connectivity index (χ4v) is 4.68. The van der Waals surface area contributed by atoms with E-state index in [4.69, 9.17) is 4.74 Å². The lowest BCUT2D eigenvalue weighted by atomic mass is 10.0. The van der Waals surface area contributed by atoms with Crippen LogP contribution in [0.25, 0.3) is 10.9 Å². The van der Waals surface area contributed by atoms with Crippen LogP contribution in [0, 0.1) is 11.8 Å². The topological polar surface area (TPSA) is 70.6 Å². The summed E-state index contributed by atoms with van der Waals surface area (Å²) in [6, 6.07) is 11.1. The molecular formula is C28H31F4N5O2. The van der Waals surface area contributed by atoms with Crippen molar-refractivity contribution in [2.45, 2.75) is 31.4 Å². The summed E-state index contributed by atoms with van der Waals surface area (Å²) < 4.78 is 61.6. The molecule has 2 atom stereocenters. The Labute approximate surface area is 224 Å². The van der Waals surface area contributed by atoms with Gasteiger partial charge in [-0.15, -0.1) is 0 Å². The van der Waals surface area contributed by atoms with Crippen molar-refractivity contribution in [3.05, 3.63) is 53.7 Å². The predicted molar refractivity (Wildman–Crippen MR) is 144 cm³/mol. The predicted octanol–water partition coefficient (Wildman–Crippen LogP) is 4.49. The number of hydrogen-bond acceptors (Lipinski definition) is 5. The molecule has 2 aromatic carbocycles. The summed E-state index contributed by atoms with van der Waals surface area (Å²) in [5.74, 6) is 5.90. The van der Waals surface area contributed by atoms with E-state index in [1.165, 1.54) is 14.2 Å². The molecule has 1 saturated heterocycles. The quantitative estimate of drug-likeness (QED) is 0.302. The van der Waals surface area contributed by atoms with E-state index in [1.54, 1.807) is 42.5 Å². The lowest BCUT2D eigenvalue weighted by Gasteiger charge is -2.33. The number of halogens is 4. The summed E-state index contributed by atoms with van der Waals surface area (Å²) in [5.41, 5.74) is 2.14. The van der Waals surface area contributed by atoms with E-state index in [-0.39, 0.29) is 18.1 Å². The molecule has 1 unspecified atom stereocenters. The van der Waals surface area contributed by atoms with Gasteiger partial charge in [-0.2, -0.15) is 13.2 Å². The van der Waals surface area contributed by atoms with Crippen LogP contribution in [0.3, 0.4) is 0 Å². The van der Waals surface area contributed by atoms with E-state index in [0.717, 1.165) is 11.1 Å². The van der Waals surface area contributed by atoms with Crippen LogP contribution < -0.4 is 20.7 Å². The number of piperidine rings is 1. The minimum absolute atomic E-state index is 0.119. The lowest BCUT2D eigenvalue weighted by molar-refractivity contribution is -0.140. The Morgan fingerprint density at radius 2 is 1.97 bits per heavy atom. The number of rotatable bonds is 7. The highest BCUT2D eigenvalue weighted by Gasteiger charge is 2.31. The average Bonchev–Trinajstić information content (AvgIpc) is 3.24. The Kier molecular flexibility index (Phi) is 8.55. The SMILES string of the molecule is CNC(=O)c1ccc(NCC#Cc2cc3c(N[C@@H]4CCN(C)CC4F)cccc3n2CC(F)(F)F)c(OC)c1. The number of amides is 1. The molecule has 0 saturated carbocycles. The Morgan fingerprint density at radius 1 is 1.18 bits per heavy atom. The molecule has 0 aliphatic carbocycles. The lowest BCUT2D eigenvalue weighted by Crippen LogP contribution is -2.46. The third kappa shape index (κ3) is 6.75. The van der Waals surface area contributed by atoms with E-state index >= 15 is 0 Å². The van der Waals surface area contributed by atoms with Crippen LogP contribution in [0.2, 0.25) is 0 Å². The van der Waals surface area contributed by atoms with Gasteiger partial charge in [0.05, 0.1) is 36.6 Å². The minimum Gasteiger partial charge on any atom is -0.495 e. The molecule has 1 fully saturated rings. The van der Waals surface area contributed by atoms with Crippen LogP contribution in [0.15, 0.2) is 42.5 Å². The molecule has 1 amide bonds. The Hall–Kier alpha value is -3.91. The summed E-state index contributed by atoms with van der Waals surface area (Å²) in [6.07, 6.45) is -4.96. The normalized spacial score (nSPS) is 17.8. The molecule has 0 spiro atoms. The summed E-state index contributed by atoms with van der Waals surface area (Å²) in [5, 5.41) is 9.38. The van der Waals surface area contributed by atoms with E-state index in [0.29, 0.717) is 46.6 Å². The van der Waals surface area contributed by atoms with Crippen LogP contribution in [0.1, 0.15) is 22.5 Å². The van der Waals surface area contributed by atoms with Crippen LogP contribution in [0.4, 0.5) is 28.9 Å². The van der Waals surface area contributed by atoms with Crippen LogP contribution in [0.5, 0.6) is 5.75 Å². The zero-order valence-corrected chi connectivity index (χ0v) is 22.0. The number of nitrogens with one attached hydrogen (secondary N) is 3. The van der Waals surface area contributed by atoms with Crippen molar-refractivity contribution in [3.8, 4) is 17.6 Å². The standard InChI is InChI=1S/C28H31F4N5O2/c1-33-27(38)18-9-10-24(26(14-18)39-3)34-12-5-6-19-15-20-22(35-23-11-13-36(2)16-21(23)29)7-4-8-25(20)37(19)17-28(30,31)32/h4,7-10,14-15,21,23,34-35H,11-13,16-17H2,1-3H3,(H,33,38)/t21?,23-/m1/s1. The van der Waals surface area contributed by atoms with E-state index in [1.807, 2.05) is 11.9 Å². The van der Waals surface area contributed by atoms with Gasteiger partial charge in [0.25, 0.3) is 5.91 Å². The maximum atomic E-state index is 14.7. The first-order valence-electron chi connectivity index (χ1n) is 12.5. The fraction of sp³-hybridized carbons (Fsp3) is 0.393. The molecule has 2 heterocycles. The largest absolute Gasteiger partial charge is 0.495 e. The highest BCUT2D eigenvalue weighted by molar-refractivity contribution is 5.95. The highest BCUT2D eigenvalue weighted by atomic mass is 19.4. The zero-order valence-electron chi connectivity index (χ0n) is 22.0. The highest BCUT2D eigenvalue weighted by Crippen LogP contribution is 2.32. The second-order valence-electron chi connectivity index (χ2n) is 9.44. The van der Waals surface area contributed by atoms with Gasteiger partial charge in [0.2, 0.25) is 0 Å². The summed E-state index contributed by atoms with van der Waals surface area (Å²) >= 11 is 0. The minimum atomic E-state index is -4.46. The van der Waals surface area contributed by atoms with Crippen molar-refractivity contribution < 1.29 is 27.1 Å².